The second kappa shape index (κ2) is 10.3. The quantitative estimate of drug-likeness (QED) is 0.362. The number of allylic oxidation sites excluding steroid dienone is 2. The summed E-state index contributed by atoms with van der Waals surface area (Å²) in [4.78, 5) is 17.0. The molecule has 6 rings (SSSR count). The zero-order valence-corrected chi connectivity index (χ0v) is 25.5. The van der Waals surface area contributed by atoms with E-state index in [0.29, 0.717) is 17.8 Å². The Morgan fingerprint density at radius 3 is 2.56 bits per heavy atom. The molecule has 0 radical (unpaired) electrons. The maximum Gasteiger partial charge on any atom is 0.320 e. The molecule has 0 spiro atoms. The fourth-order valence-corrected chi connectivity index (χ4v) is 8.68. The van der Waals surface area contributed by atoms with E-state index in [1.165, 1.54) is 23.9 Å². The number of aromatic amines is 1. The van der Waals surface area contributed by atoms with Crippen LogP contribution in [-0.2, 0) is 9.53 Å². The van der Waals surface area contributed by atoms with Crippen LogP contribution in [0.1, 0.15) is 65.0 Å². The van der Waals surface area contributed by atoms with Crippen LogP contribution in [0.5, 0.6) is 0 Å². The monoisotopic (exact) mass is 558 g/mol. The normalized spacial score (nSPS) is 37.4. The molecule has 5 N–H and O–H groups in total. The molecule has 4 aliphatic heterocycles. The largest absolute Gasteiger partial charge is 0.511 e. The highest BCUT2D eigenvalue weighted by atomic mass is 16.5. The Kier molecular flexibility index (Phi) is 7.00. The molecule has 0 saturated carbocycles. The lowest BCUT2D eigenvalue weighted by Gasteiger charge is -2.29. The molecular formula is C34H46N4O3. The number of aliphatic hydroxyl groups excluding tert-OH is 1. The van der Waals surface area contributed by atoms with Gasteiger partial charge in [0.05, 0.1) is 7.11 Å². The first-order chi connectivity index (χ1) is 19.6. The molecule has 1 aliphatic carbocycles. The molecular weight excluding hydrogens is 512 g/mol. The first-order valence-electron chi connectivity index (χ1n) is 15.4. The van der Waals surface area contributed by atoms with E-state index in [9.17, 15) is 9.90 Å². The Balaban J connectivity index is 1.58. The molecule has 9 atom stereocenters. The summed E-state index contributed by atoms with van der Waals surface area (Å²) in [6, 6.07) is 0.442. The van der Waals surface area contributed by atoms with E-state index < -0.39 is 11.9 Å². The van der Waals surface area contributed by atoms with Crippen LogP contribution in [0.4, 0.5) is 0 Å². The van der Waals surface area contributed by atoms with Crippen molar-refractivity contribution in [3.05, 3.63) is 62.3 Å². The van der Waals surface area contributed by atoms with Crippen molar-refractivity contribution >= 4 is 24.2 Å². The number of carbonyl (C=O) groups excluding carboxylic acids is 1. The van der Waals surface area contributed by atoms with E-state index in [1.54, 1.807) is 0 Å². The lowest BCUT2D eigenvalue weighted by molar-refractivity contribution is -0.143. The average Bonchev–Trinajstić information content (AvgIpc) is 3.69. The van der Waals surface area contributed by atoms with E-state index in [2.05, 4.69) is 81.2 Å². The molecule has 8 bridgehead atoms. The molecule has 5 heterocycles. The second-order valence-corrected chi connectivity index (χ2v) is 12.8. The summed E-state index contributed by atoms with van der Waals surface area (Å²) < 4.78 is 5.27. The number of fused-ring (bicyclic) bond motifs is 8. The van der Waals surface area contributed by atoms with Crippen LogP contribution in [0, 0.1) is 36.5 Å². The van der Waals surface area contributed by atoms with Gasteiger partial charge in [0.1, 0.15) is 11.7 Å². The van der Waals surface area contributed by atoms with Gasteiger partial charge in [0, 0.05) is 69.2 Å². The summed E-state index contributed by atoms with van der Waals surface area (Å²) in [5.41, 5.74) is 7.69. The number of hydrogen-bond acceptors (Lipinski definition) is 6. The zero-order chi connectivity index (χ0) is 29.3. The highest BCUT2D eigenvalue weighted by molar-refractivity contribution is 5.83. The van der Waals surface area contributed by atoms with Crippen LogP contribution in [-0.4, -0.2) is 47.3 Å². The van der Waals surface area contributed by atoms with Gasteiger partial charge in [0.2, 0.25) is 0 Å². The van der Waals surface area contributed by atoms with Crippen LogP contribution in [0.25, 0.3) is 18.2 Å². The van der Waals surface area contributed by atoms with E-state index in [0.717, 1.165) is 52.4 Å². The van der Waals surface area contributed by atoms with E-state index in [4.69, 9.17) is 4.74 Å². The zero-order valence-electron chi connectivity index (χ0n) is 25.5. The molecule has 2 fully saturated rings. The first kappa shape index (κ1) is 28.0. The van der Waals surface area contributed by atoms with Crippen molar-refractivity contribution in [1.82, 2.24) is 20.9 Å². The molecule has 1 aromatic rings. The van der Waals surface area contributed by atoms with Gasteiger partial charge in [-0.05, 0) is 67.4 Å². The molecule has 7 heteroatoms. The van der Waals surface area contributed by atoms with Crippen LogP contribution in [0.2, 0.25) is 0 Å². The van der Waals surface area contributed by atoms with Gasteiger partial charge in [-0.15, -0.1) is 0 Å². The summed E-state index contributed by atoms with van der Waals surface area (Å²) in [7, 11) is 1.41. The minimum Gasteiger partial charge on any atom is -0.511 e. The van der Waals surface area contributed by atoms with Crippen LogP contribution in [0.3, 0.4) is 0 Å². The summed E-state index contributed by atoms with van der Waals surface area (Å²) in [6.45, 7) is 17.5. The third-order valence-electron chi connectivity index (χ3n) is 11.1. The third-order valence-corrected chi connectivity index (χ3v) is 11.1. The topological polar surface area (TPSA) is 98.4 Å². The third kappa shape index (κ3) is 4.06. The number of ether oxygens (including phenoxy) is 1. The summed E-state index contributed by atoms with van der Waals surface area (Å²) in [6.07, 6.45) is 9.46. The Hall–Kier alpha value is -3.19. The summed E-state index contributed by atoms with van der Waals surface area (Å²) in [5, 5.41) is 25.5. The lowest BCUT2D eigenvalue weighted by Crippen LogP contribution is -2.41. The fourth-order valence-electron chi connectivity index (χ4n) is 8.68. The van der Waals surface area contributed by atoms with Crippen molar-refractivity contribution in [3.8, 4) is 0 Å². The number of aromatic nitrogens is 1. The van der Waals surface area contributed by atoms with E-state index in [-0.39, 0.29) is 35.8 Å². The highest BCUT2D eigenvalue weighted by Gasteiger charge is 2.53. The molecule has 6 unspecified atom stereocenters. The molecule has 0 amide bonds. The second-order valence-electron chi connectivity index (χ2n) is 12.8. The van der Waals surface area contributed by atoms with Gasteiger partial charge in [0.25, 0.3) is 0 Å². The average molecular weight is 559 g/mol. The molecule has 2 saturated heterocycles. The van der Waals surface area contributed by atoms with E-state index >= 15 is 0 Å². The van der Waals surface area contributed by atoms with Gasteiger partial charge in [0.15, 0.2) is 0 Å². The number of carbonyl (C=O) groups is 1. The van der Waals surface area contributed by atoms with Crippen molar-refractivity contribution in [2.45, 2.75) is 85.0 Å². The molecule has 0 aromatic carbocycles. The van der Waals surface area contributed by atoms with Gasteiger partial charge in [-0.3, -0.25) is 4.79 Å². The molecule has 5 aliphatic rings. The predicted octanol–water partition coefficient (Wildman–Crippen LogP) is 3.68. The van der Waals surface area contributed by atoms with Crippen LogP contribution in [0.15, 0.2) is 40.5 Å². The Morgan fingerprint density at radius 2 is 1.90 bits per heavy atom. The van der Waals surface area contributed by atoms with Crippen LogP contribution < -0.4 is 26.6 Å². The summed E-state index contributed by atoms with van der Waals surface area (Å²) >= 11 is 0. The van der Waals surface area contributed by atoms with Gasteiger partial charge in [-0.2, -0.15) is 0 Å². The molecule has 7 nitrogen and oxygen atoms in total. The number of nitrogens with one attached hydrogen (secondary N) is 4. The fraction of sp³-hybridized carbons (Fsp3) is 0.559. The minimum absolute atomic E-state index is 0.0648. The number of rotatable bonds is 4. The molecule has 41 heavy (non-hydrogen) atoms. The highest BCUT2D eigenvalue weighted by Crippen LogP contribution is 2.50. The van der Waals surface area contributed by atoms with Gasteiger partial charge < -0.3 is 30.8 Å². The minimum atomic E-state index is -0.776. The number of methoxy groups -OCH3 is 1. The number of aliphatic hydroxyl groups is 1. The van der Waals surface area contributed by atoms with Crippen LogP contribution >= 0.6 is 0 Å². The molecule has 220 valence electrons. The Labute approximate surface area is 243 Å². The maximum absolute atomic E-state index is 13.2. The van der Waals surface area contributed by atoms with Gasteiger partial charge in [-0.1, -0.05) is 46.8 Å². The number of esters is 1. The SMILES string of the molecule is C=Cc1c(C)/c2[nH]/c1=C\C1=C(C)C(CC)C(CC3NC4=C(C5NC(\C=2)[C@@H](C)[C@@H]5CC)[C@@H](C(=O)OC)C(O)=C4C3C)N1. The van der Waals surface area contributed by atoms with Crippen molar-refractivity contribution < 1.29 is 14.6 Å². The van der Waals surface area contributed by atoms with Crippen molar-refractivity contribution in [2.24, 2.45) is 29.6 Å². The Morgan fingerprint density at radius 1 is 1.15 bits per heavy atom. The van der Waals surface area contributed by atoms with Gasteiger partial charge >= 0.3 is 5.97 Å². The standard InChI is InChI=1S/C34H46N4O3/c1-9-19-15(4)22-12-24-17(6)21(11-3)31(37-24)29-30(34(40)41-8)33(39)28-18(7)25(38-32(28)29)14-27-20(10-2)16(5)23(36-27)13-26(19)35-22/h9,12-13,17-18,20-21,24-25,27,30-31,35-39H,1,10-11,14H2,2-8H3/b22-12-,26-13-/t17-,18?,20?,21-,24?,25?,27?,30+,31?/m0/s1. The van der Waals surface area contributed by atoms with E-state index in [1.807, 2.05) is 6.08 Å². The summed E-state index contributed by atoms with van der Waals surface area (Å²) in [5.74, 6) is 0.0945. The number of hydrogen-bond donors (Lipinski definition) is 5. The van der Waals surface area contributed by atoms with Gasteiger partial charge in [-0.25, -0.2) is 0 Å². The lowest BCUT2D eigenvalue weighted by atomic mass is 9.80. The number of H-pyrrole nitrogens is 1. The Bertz CT molecular complexity index is 1510. The van der Waals surface area contributed by atoms with Crippen molar-refractivity contribution in [1.29, 1.82) is 0 Å². The first-order valence-corrected chi connectivity index (χ1v) is 15.4. The predicted molar refractivity (Wildman–Crippen MR) is 164 cm³/mol. The maximum atomic E-state index is 13.2. The van der Waals surface area contributed by atoms with Crippen molar-refractivity contribution in [2.75, 3.05) is 7.11 Å². The van der Waals surface area contributed by atoms with Crippen molar-refractivity contribution in [3.63, 3.8) is 0 Å². The molecule has 1 aromatic heterocycles. The smallest absolute Gasteiger partial charge is 0.320 e.